The van der Waals surface area contributed by atoms with Crippen LogP contribution in [0.2, 0.25) is 0 Å². The van der Waals surface area contributed by atoms with Crippen LogP contribution in [0.4, 0.5) is 0 Å². The molecule has 0 bridgehead atoms. The van der Waals surface area contributed by atoms with Gasteiger partial charge in [0.1, 0.15) is 5.52 Å². The number of nitrogens with one attached hydrogen (secondary N) is 2. The zero-order chi connectivity index (χ0) is 20.4. The van der Waals surface area contributed by atoms with Gasteiger partial charge in [0.15, 0.2) is 5.65 Å². The van der Waals surface area contributed by atoms with E-state index in [-0.39, 0.29) is 17.6 Å². The summed E-state index contributed by atoms with van der Waals surface area (Å²) in [6.07, 6.45) is 7.22. The number of amides is 1. The molecule has 1 spiro atoms. The number of ether oxygens (including phenoxy) is 1. The summed E-state index contributed by atoms with van der Waals surface area (Å²) in [5.41, 5.74) is 3.00. The lowest BCUT2D eigenvalue weighted by atomic mass is 9.80. The minimum Gasteiger partial charge on any atom is -0.373 e. The molecule has 0 saturated carbocycles. The van der Waals surface area contributed by atoms with Crippen LogP contribution in [0.3, 0.4) is 0 Å². The highest BCUT2D eigenvalue weighted by molar-refractivity contribution is 5.96. The monoisotopic (exact) mass is 405 g/mol. The molecule has 3 aromatic rings. The molecular formula is C23H27N5O2. The standard InChI is InChI=1S/C23H27N5O2/c29-22(27-20-7-4-12-30-23(20)8-10-24-11-9-23)18-13-19-21(25-14-18)28(16-26-19)15-17-5-2-1-3-6-17/h1-3,5-6,13-14,16,20,24H,4,7-12,15H2,(H,27,29). The van der Waals surface area contributed by atoms with Crippen molar-refractivity contribution in [2.24, 2.45) is 0 Å². The molecule has 4 heterocycles. The average molecular weight is 406 g/mol. The fourth-order valence-corrected chi connectivity index (χ4v) is 4.68. The lowest BCUT2D eigenvalue weighted by Gasteiger charge is -2.46. The van der Waals surface area contributed by atoms with E-state index < -0.39 is 0 Å². The number of benzene rings is 1. The molecule has 2 fully saturated rings. The summed E-state index contributed by atoms with van der Waals surface area (Å²) in [6, 6.07) is 12.1. The van der Waals surface area contributed by atoms with Crippen LogP contribution >= 0.6 is 0 Å². The average Bonchev–Trinajstić information content (AvgIpc) is 3.19. The summed E-state index contributed by atoms with van der Waals surface area (Å²) in [4.78, 5) is 22.1. The summed E-state index contributed by atoms with van der Waals surface area (Å²) < 4.78 is 8.21. The number of rotatable bonds is 4. The van der Waals surface area contributed by atoms with E-state index in [2.05, 4.69) is 32.7 Å². The number of fused-ring (bicyclic) bond motifs is 1. The lowest BCUT2D eigenvalue weighted by molar-refractivity contribution is -0.114. The summed E-state index contributed by atoms with van der Waals surface area (Å²) in [7, 11) is 0. The van der Waals surface area contributed by atoms with E-state index in [0.29, 0.717) is 12.1 Å². The van der Waals surface area contributed by atoms with Gasteiger partial charge in [-0.15, -0.1) is 0 Å². The molecular weight excluding hydrogens is 378 g/mol. The molecule has 1 amide bonds. The number of pyridine rings is 1. The van der Waals surface area contributed by atoms with Crippen molar-refractivity contribution in [2.45, 2.75) is 43.9 Å². The molecule has 2 aromatic heterocycles. The van der Waals surface area contributed by atoms with Gasteiger partial charge in [-0.1, -0.05) is 30.3 Å². The third kappa shape index (κ3) is 3.70. The zero-order valence-electron chi connectivity index (χ0n) is 17.0. The Bertz CT molecular complexity index is 1020. The van der Waals surface area contributed by atoms with Crippen molar-refractivity contribution in [3.63, 3.8) is 0 Å². The fraction of sp³-hybridized carbons (Fsp3) is 0.435. The minimum absolute atomic E-state index is 0.0344. The topological polar surface area (TPSA) is 81.1 Å². The molecule has 0 radical (unpaired) electrons. The van der Waals surface area contributed by atoms with Gasteiger partial charge in [-0.25, -0.2) is 9.97 Å². The number of hydrogen-bond acceptors (Lipinski definition) is 5. The summed E-state index contributed by atoms with van der Waals surface area (Å²) in [6.45, 7) is 3.34. The molecule has 0 aliphatic carbocycles. The van der Waals surface area contributed by atoms with Crippen LogP contribution in [0, 0.1) is 0 Å². The molecule has 5 rings (SSSR count). The molecule has 2 N–H and O–H groups in total. The maximum Gasteiger partial charge on any atom is 0.253 e. The number of imidazole rings is 1. The summed E-state index contributed by atoms with van der Waals surface area (Å²) in [5, 5.41) is 6.63. The van der Waals surface area contributed by atoms with Crippen LogP contribution in [0.25, 0.3) is 11.2 Å². The number of piperidine rings is 1. The second-order valence-electron chi connectivity index (χ2n) is 8.26. The highest BCUT2D eigenvalue weighted by atomic mass is 16.5. The van der Waals surface area contributed by atoms with E-state index in [4.69, 9.17) is 4.74 Å². The molecule has 2 aliphatic rings. The first-order valence-electron chi connectivity index (χ1n) is 10.7. The number of hydrogen-bond donors (Lipinski definition) is 2. The molecule has 2 saturated heterocycles. The van der Waals surface area contributed by atoms with Crippen molar-refractivity contribution in [1.82, 2.24) is 25.2 Å². The maximum absolute atomic E-state index is 13.0. The lowest BCUT2D eigenvalue weighted by Crippen LogP contribution is -2.60. The predicted octanol–water partition coefficient (Wildman–Crippen LogP) is 2.51. The van der Waals surface area contributed by atoms with Crippen molar-refractivity contribution in [2.75, 3.05) is 19.7 Å². The Labute approximate surface area is 175 Å². The van der Waals surface area contributed by atoms with Crippen molar-refractivity contribution < 1.29 is 9.53 Å². The number of carbonyl (C=O) groups is 1. The first-order valence-corrected chi connectivity index (χ1v) is 10.7. The van der Waals surface area contributed by atoms with Crippen LogP contribution in [0.5, 0.6) is 0 Å². The summed E-state index contributed by atoms with van der Waals surface area (Å²) in [5.74, 6) is -0.101. The van der Waals surface area contributed by atoms with E-state index in [0.717, 1.165) is 56.5 Å². The Kier molecular flexibility index (Phi) is 5.23. The Balaban J connectivity index is 1.34. The number of aromatic nitrogens is 3. The third-order valence-electron chi connectivity index (χ3n) is 6.33. The van der Waals surface area contributed by atoms with E-state index in [9.17, 15) is 4.79 Å². The van der Waals surface area contributed by atoms with E-state index in [1.54, 1.807) is 12.5 Å². The van der Waals surface area contributed by atoms with Crippen molar-refractivity contribution in [3.05, 3.63) is 60.0 Å². The summed E-state index contributed by atoms with van der Waals surface area (Å²) >= 11 is 0. The zero-order valence-corrected chi connectivity index (χ0v) is 17.0. The Morgan fingerprint density at radius 1 is 1.23 bits per heavy atom. The van der Waals surface area contributed by atoms with Gasteiger partial charge in [-0.3, -0.25) is 4.79 Å². The van der Waals surface area contributed by atoms with Crippen LogP contribution in [-0.4, -0.2) is 51.8 Å². The second-order valence-corrected chi connectivity index (χ2v) is 8.26. The first-order chi connectivity index (χ1) is 14.7. The van der Waals surface area contributed by atoms with Crippen LogP contribution in [-0.2, 0) is 11.3 Å². The molecule has 7 heteroatoms. The van der Waals surface area contributed by atoms with Gasteiger partial charge in [-0.2, -0.15) is 0 Å². The molecule has 2 aliphatic heterocycles. The van der Waals surface area contributed by atoms with Crippen molar-refractivity contribution in [3.8, 4) is 0 Å². The Morgan fingerprint density at radius 3 is 2.90 bits per heavy atom. The van der Waals surface area contributed by atoms with Crippen LogP contribution < -0.4 is 10.6 Å². The van der Waals surface area contributed by atoms with E-state index in [1.807, 2.05) is 28.8 Å². The molecule has 1 aromatic carbocycles. The predicted molar refractivity (Wildman–Crippen MR) is 114 cm³/mol. The van der Waals surface area contributed by atoms with Gasteiger partial charge in [0.05, 0.1) is 30.1 Å². The van der Waals surface area contributed by atoms with E-state index in [1.165, 1.54) is 5.56 Å². The maximum atomic E-state index is 13.0. The first kappa shape index (κ1) is 19.2. The molecule has 156 valence electrons. The van der Waals surface area contributed by atoms with Gasteiger partial charge < -0.3 is 19.9 Å². The van der Waals surface area contributed by atoms with Gasteiger partial charge in [-0.05, 0) is 50.4 Å². The Morgan fingerprint density at radius 2 is 2.07 bits per heavy atom. The van der Waals surface area contributed by atoms with Crippen molar-refractivity contribution in [1.29, 1.82) is 0 Å². The van der Waals surface area contributed by atoms with Gasteiger partial charge >= 0.3 is 0 Å². The van der Waals surface area contributed by atoms with Crippen LogP contribution in [0.15, 0.2) is 48.9 Å². The SMILES string of the molecule is O=C(NC1CCCOC12CCNCC2)c1cnc2c(c1)ncn2Cc1ccccc1. The second kappa shape index (κ2) is 8.16. The minimum atomic E-state index is -0.242. The van der Waals surface area contributed by atoms with Crippen molar-refractivity contribution >= 4 is 17.1 Å². The van der Waals surface area contributed by atoms with Gasteiger partial charge in [0, 0.05) is 12.8 Å². The normalized spacial score (nSPS) is 21.0. The number of carbonyl (C=O) groups excluding carboxylic acids is 1. The Hall–Kier alpha value is -2.77. The van der Waals surface area contributed by atoms with Crippen LogP contribution in [0.1, 0.15) is 41.6 Å². The molecule has 30 heavy (non-hydrogen) atoms. The van der Waals surface area contributed by atoms with Gasteiger partial charge in [0.25, 0.3) is 5.91 Å². The fourth-order valence-electron chi connectivity index (χ4n) is 4.68. The largest absolute Gasteiger partial charge is 0.373 e. The highest BCUT2D eigenvalue weighted by Crippen LogP contribution is 2.33. The van der Waals surface area contributed by atoms with Gasteiger partial charge in [0.2, 0.25) is 0 Å². The quantitative estimate of drug-likeness (QED) is 0.697. The molecule has 7 nitrogen and oxygen atoms in total. The molecule has 1 atom stereocenters. The third-order valence-corrected chi connectivity index (χ3v) is 6.33. The number of nitrogens with zero attached hydrogens (tertiary/aromatic N) is 3. The van der Waals surface area contributed by atoms with E-state index >= 15 is 0 Å². The highest BCUT2D eigenvalue weighted by Gasteiger charge is 2.43. The molecule has 1 unspecified atom stereocenters. The smallest absolute Gasteiger partial charge is 0.253 e.